The summed E-state index contributed by atoms with van der Waals surface area (Å²) in [4.78, 5) is 40.7. The van der Waals surface area contributed by atoms with Crippen molar-refractivity contribution in [2.45, 2.75) is 0 Å². The third-order valence-electron chi connectivity index (χ3n) is 4.44. The Bertz CT molecular complexity index is 878. The zero-order chi connectivity index (χ0) is 20.1. The van der Waals surface area contributed by atoms with E-state index < -0.39 is 5.97 Å². The van der Waals surface area contributed by atoms with E-state index in [0.717, 1.165) is 0 Å². The first kappa shape index (κ1) is 20.3. The van der Waals surface area contributed by atoms with Gasteiger partial charge in [0, 0.05) is 26.2 Å². The van der Waals surface area contributed by atoms with Crippen molar-refractivity contribution in [3.63, 3.8) is 0 Å². The van der Waals surface area contributed by atoms with E-state index in [4.69, 9.17) is 16.3 Å². The smallest absolute Gasteiger partial charge is 0.350 e. The lowest BCUT2D eigenvalue weighted by Gasteiger charge is -2.34. The van der Waals surface area contributed by atoms with Crippen LogP contribution in [0.5, 0.6) is 0 Å². The molecule has 1 aliphatic heterocycles. The molecular formula is C19H20ClN3O4S. The zero-order valence-electron chi connectivity index (χ0n) is 15.3. The number of carbonyl (C=O) groups is 3. The molecule has 1 aromatic heterocycles. The first-order valence-electron chi connectivity index (χ1n) is 8.71. The van der Waals surface area contributed by atoms with Crippen LogP contribution in [0.25, 0.3) is 0 Å². The lowest BCUT2D eigenvalue weighted by molar-refractivity contribution is -0.117. The van der Waals surface area contributed by atoms with Crippen molar-refractivity contribution in [1.82, 2.24) is 9.80 Å². The van der Waals surface area contributed by atoms with Crippen LogP contribution in [0, 0.1) is 0 Å². The van der Waals surface area contributed by atoms with Crippen LogP contribution in [-0.4, -0.2) is 67.4 Å². The van der Waals surface area contributed by atoms with Gasteiger partial charge in [-0.2, -0.15) is 0 Å². The molecule has 1 aliphatic rings. The number of ether oxygens (including phenoxy) is 1. The van der Waals surface area contributed by atoms with E-state index in [2.05, 4.69) is 5.32 Å². The molecule has 0 aliphatic carbocycles. The number of carbonyl (C=O) groups excluding carboxylic acids is 3. The summed E-state index contributed by atoms with van der Waals surface area (Å²) in [6, 6.07) is 8.66. The second-order valence-corrected chi connectivity index (χ2v) is 7.57. The standard InChI is InChI=1S/C19H20ClN3O4S/c1-27-19(26)17-15(6-11-28-17)21-16(24)12-22-7-9-23(10-8-22)18(25)13-4-2-3-5-14(13)20/h2-6,11H,7-10,12H2,1H3,(H,21,24). The Morgan fingerprint density at radius 3 is 2.54 bits per heavy atom. The molecule has 1 saturated heterocycles. The molecule has 7 nitrogen and oxygen atoms in total. The van der Waals surface area contributed by atoms with Gasteiger partial charge in [-0.05, 0) is 23.6 Å². The van der Waals surface area contributed by atoms with Crippen LogP contribution in [-0.2, 0) is 9.53 Å². The molecule has 0 radical (unpaired) electrons. The molecule has 0 bridgehead atoms. The molecule has 28 heavy (non-hydrogen) atoms. The van der Waals surface area contributed by atoms with Crippen LogP contribution >= 0.6 is 22.9 Å². The molecular weight excluding hydrogens is 402 g/mol. The van der Waals surface area contributed by atoms with E-state index in [1.165, 1.54) is 18.4 Å². The van der Waals surface area contributed by atoms with E-state index in [9.17, 15) is 14.4 Å². The maximum atomic E-state index is 12.6. The molecule has 2 amide bonds. The number of esters is 1. The number of benzene rings is 1. The topological polar surface area (TPSA) is 79.0 Å². The number of nitrogens with zero attached hydrogens (tertiary/aromatic N) is 2. The molecule has 148 valence electrons. The summed E-state index contributed by atoms with van der Waals surface area (Å²) in [5.74, 6) is -0.790. The molecule has 0 saturated carbocycles. The van der Waals surface area contributed by atoms with E-state index in [1.54, 1.807) is 40.6 Å². The number of hydrogen-bond donors (Lipinski definition) is 1. The van der Waals surface area contributed by atoms with Crippen LogP contribution in [0.15, 0.2) is 35.7 Å². The van der Waals surface area contributed by atoms with Gasteiger partial charge in [-0.25, -0.2) is 4.79 Å². The summed E-state index contributed by atoms with van der Waals surface area (Å²) >= 11 is 7.32. The first-order chi connectivity index (χ1) is 13.5. The minimum absolute atomic E-state index is 0.101. The second-order valence-electron chi connectivity index (χ2n) is 6.25. The lowest BCUT2D eigenvalue weighted by atomic mass is 10.2. The van der Waals surface area contributed by atoms with Crippen molar-refractivity contribution in [3.8, 4) is 0 Å². The number of rotatable bonds is 5. The fourth-order valence-corrected chi connectivity index (χ4v) is 3.95. The average Bonchev–Trinajstić information content (AvgIpc) is 3.15. The number of piperazine rings is 1. The summed E-state index contributed by atoms with van der Waals surface area (Å²) in [6.45, 7) is 2.38. The number of anilines is 1. The van der Waals surface area contributed by atoms with Crippen LogP contribution in [0.4, 0.5) is 5.69 Å². The quantitative estimate of drug-likeness (QED) is 0.751. The fraction of sp³-hybridized carbons (Fsp3) is 0.316. The lowest BCUT2D eigenvalue weighted by Crippen LogP contribution is -2.50. The van der Waals surface area contributed by atoms with Gasteiger partial charge in [-0.3, -0.25) is 14.5 Å². The molecule has 1 aromatic carbocycles. The second kappa shape index (κ2) is 9.18. The SMILES string of the molecule is COC(=O)c1sccc1NC(=O)CN1CCN(C(=O)c2ccccc2Cl)CC1. The van der Waals surface area contributed by atoms with Gasteiger partial charge in [0.1, 0.15) is 4.88 Å². The van der Waals surface area contributed by atoms with E-state index in [1.807, 2.05) is 4.90 Å². The van der Waals surface area contributed by atoms with Gasteiger partial charge in [0.05, 0.1) is 29.9 Å². The predicted octanol–water partition coefficient (Wildman–Crippen LogP) is 2.58. The highest BCUT2D eigenvalue weighted by atomic mass is 35.5. The van der Waals surface area contributed by atoms with Gasteiger partial charge in [-0.15, -0.1) is 11.3 Å². The molecule has 1 fully saturated rings. The molecule has 0 atom stereocenters. The Morgan fingerprint density at radius 1 is 1.14 bits per heavy atom. The van der Waals surface area contributed by atoms with Gasteiger partial charge in [0.15, 0.2) is 0 Å². The van der Waals surface area contributed by atoms with Crippen LogP contribution in [0.1, 0.15) is 20.0 Å². The van der Waals surface area contributed by atoms with E-state index in [0.29, 0.717) is 47.3 Å². The highest BCUT2D eigenvalue weighted by Crippen LogP contribution is 2.23. The van der Waals surface area contributed by atoms with Crippen molar-refractivity contribution in [2.24, 2.45) is 0 Å². The van der Waals surface area contributed by atoms with Crippen LogP contribution in [0.2, 0.25) is 5.02 Å². The largest absolute Gasteiger partial charge is 0.465 e. The molecule has 0 unspecified atom stereocenters. The average molecular weight is 422 g/mol. The summed E-state index contributed by atoms with van der Waals surface area (Å²) < 4.78 is 4.71. The van der Waals surface area contributed by atoms with Crippen molar-refractivity contribution < 1.29 is 19.1 Å². The van der Waals surface area contributed by atoms with Gasteiger partial charge in [0.25, 0.3) is 5.91 Å². The van der Waals surface area contributed by atoms with Gasteiger partial charge < -0.3 is 15.0 Å². The number of thiophene rings is 1. The first-order valence-corrected chi connectivity index (χ1v) is 9.97. The monoisotopic (exact) mass is 421 g/mol. The number of halogens is 1. The molecule has 0 spiro atoms. The Morgan fingerprint density at radius 2 is 1.86 bits per heavy atom. The summed E-state index contributed by atoms with van der Waals surface area (Å²) in [6.07, 6.45) is 0. The highest BCUT2D eigenvalue weighted by molar-refractivity contribution is 7.12. The van der Waals surface area contributed by atoms with Gasteiger partial charge >= 0.3 is 5.97 Å². The van der Waals surface area contributed by atoms with Crippen molar-refractivity contribution in [2.75, 3.05) is 45.2 Å². The Kier molecular flexibility index (Phi) is 6.66. The molecule has 9 heteroatoms. The predicted molar refractivity (Wildman–Crippen MR) is 108 cm³/mol. The Labute approximate surface area is 171 Å². The minimum atomic E-state index is -0.475. The van der Waals surface area contributed by atoms with E-state index >= 15 is 0 Å². The van der Waals surface area contributed by atoms with Crippen LogP contribution < -0.4 is 5.32 Å². The maximum Gasteiger partial charge on any atom is 0.350 e. The third-order valence-corrected chi connectivity index (χ3v) is 5.67. The molecule has 2 heterocycles. The number of methoxy groups -OCH3 is 1. The van der Waals surface area contributed by atoms with Gasteiger partial charge in [-0.1, -0.05) is 23.7 Å². The fourth-order valence-electron chi connectivity index (χ4n) is 2.97. The molecule has 1 N–H and O–H groups in total. The summed E-state index contributed by atoms with van der Waals surface area (Å²) in [7, 11) is 1.30. The normalized spacial score (nSPS) is 14.6. The number of nitrogens with one attached hydrogen (secondary N) is 1. The van der Waals surface area contributed by atoms with Crippen LogP contribution in [0.3, 0.4) is 0 Å². The summed E-state index contributed by atoms with van der Waals surface area (Å²) in [5.41, 5.74) is 0.942. The third kappa shape index (κ3) is 4.70. The van der Waals surface area contributed by atoms with Crippen molar-refractivity contribution in [1.29, 1.82) is 0 Å². The molecule has 3 rings (SSSR count). The van der Waals surface area contributed by atoms with Crippen molar-refractivity contribution in [3.05, 3.63) is 51.2 Å². The minimum Gasteiger partial charge on any atom is -0.465 e. The Hall–Kier alpha value is -2.42. The van der Waals surface area contributed by atoms with E-state index in [-0.39, 0.29) is 18.4 Å². The number of amides is 2. The van der Waals surface area contributed by atoms with Crippen molar-refractivity contribution >= 4 is 46.4 Å². The summed E-state index contributed by atoms with van der Waals surface area (Å²) in [5, 5.41) is 4.91. The maximum absolute atomic E-state index is 12.6. The highest BCUT2D eigenvalue weighted by Gasteiger charge is 2.25. The number of hydrogen-bond acceptors (Lipinski definition) is 6. The Balaban J connectivity index is 1.51. The zero-order valence-corrected chi connectivity index (χ0v) is 16.9. The molecule has 2 aromatic rings. The van der Waals surface area contributed by atoms with Gasteiger partial charge in [0.2, 0.25) is 5.91 Å².